The van der Waals surface area contributed by atoms with Crippen LogP contribution in [0.3, 0.4) is 0 Å². The number of hydrogen-bond donors (Lipinski definition) is 0. The lowest BCUT2D eigenvalue weighted by atomic mass is 9.96. The van der Waals surface area contributed by atoms with Crippen LogP contribution in [0.15, 0.2) is 167 Å². The molecule has 0 N–H and O–H groups in total. The van der Waals surface area contributed by atoms with Crippen molar-refractivity contribution in [2.45, 2.75) is 0 Å². The highest BCUT2D eigenvalue weighted by Gasteiger charge is 2.21. The smallest absolute Gasteiger partial charge is 0.147 e. The summed E-state index contributed by atoms with van der Waals surface area (Å²) in [5.74, 6) is 0. The molecule has 0 unspecified atom stereocenters. The van der Waals surface area contributed by atoms with Crippen molar-refractivity contribution in [2.75, 3.05) is 0 Å². The van der Waals surface area contributed by atoms with Gasteiger partial charge in [-0.15, -0.1) is 0 Å². The fourth-order valence-corrected chi connectivity index (χ4v) is 7.75. The zero-order valence-corrected chi connectivity index (χ0v) is 26.7. The summed E-state index contributed by atoms with van der Waals surface area (Å²) >= 11 is 0. The average Bonchev–Trinajstić information content (AvgIpc) is 3.75. The van der Waals surface area contributed by atoms with Crippen LogP contribution in [-0.2, 0) is 0 Å². The van der Waals surface area contributed by atoms with Crippen molar-refractivity contribution < 1.29 is 8.83 Å². The van der Waals surface area contributed by atoms with Crippen LogP contribution in [0.5, 0.6) is 0 Å². The number of nitrogens with zero attached hydrogens (tertiary/aromatic N) is 2. The van der Waals surface area contributed by atoms with Crippen LogP contribution in [-0.4, -0.2) is 9.97 Å². The lowest BCUT2D eigenvalue weighted by molar-refractivity contribution is 0.658. The topological polar surface area (TPSA) is 52.1 Å². The molecule has 0 atom stereocenters. The van der Waals surface area contributed by atoms with E-state index in [4.69, 9.17) is 18.8 Å². The Morgan fingerprint density at radius 1 is 0.360 bits per heavy atom. The van der Waals surface area contributed by atoms with E-state index in [1.54, 1.807) is 0 Å². The molecule has 0 aliphatic heterocycles. The van der Waals surface area contributed by atoms with Gasteiger partial charge in [0.2, 0.25) is 0 Å². The second-order valence-electron chi connectivity index (χ2n) is 12.9. The highest BCUT2D eigenvalue weighted by molar-refractivity contribution is 6.24. The van der Waals surface area contributed by atoms with E-state index in [2.05, 4.69) is 127 Å². The van der Waals surface area contributed by atoms with E-state index in [9.17, 15) is 0 Å². The highest BCUT2D eigenvalue weighted by Crippen LogP contribution is 2.44. The van der Waals surface area contributed by atoms with Gasteiger partial charge in [0.25, 0.3) is 0 Å². The molecule has 50 heavy (non-hydrogen) atoms. The number of para-hydroxylation sites is 2. The standard InChI is InChI=1S/C46H26N2O2/c1-3-16-35-31(12-1)32-13-2-4-17-36(32)44-43(35)47-26-39(48-44)30-11-9-10-29(24-30)27-20-22-28(23-21-27)42-45-37(33-14-5-7-18-40(33)49-45)25-38-34-15-6-8-19-41(34)50-46(38)42/h1-26H. The molecule has 232 valence electrons. The number of furan rings is 2. The van der Waals surface area contributed by atoms with Crippen molar-refractivity contribution in [1.82, 2.24) is 9.97 Å². The van der Waals surface area contributed by atoms with Gasteiger partial charge in [-0.1, -0.05) is 127 Å². The summed E-state index contributed by atoms with van der Waals surface area (Å²) in [5.41, 5.74) is 11.3. The third kappa shape index (κ3) is 3.93. The van der Waals surface area contributed by atoms with Gasteiger partial charge in [0.05, 0.1) is 28.5 Å². The molecule has 3 aromatic heterocycles. The minimum atomic E-state index is 0.836. The summed E-state index contributed by atoms with van der Waals surface area (Å²) in [6.45, 7) is 0. The second kappa shape index (κ2) is 10.4. The lowest BCUT2D eigenvalue weighted by Gasteiger charge is -2.11. The third-order valence-corrected chi connectivity index (χ3v) is 10.1. The highest BCUT2D eigenvalue weighted by atomic mass is 16.3. The third-order valence-electron chi connectivity index (χ3n) is 10.1. The first-order chi connectivity index (χ1) is 24.8. The monoisotopic (exact) mass is 638 g/mol. The van der Waals surface area contributed by atoms with E-state index in [1.807, 2.05) is 30.5 Å². The zero-order valence-electron chi connectivity index (χ0n) is 26.7. The van der Waals surface area contributed by atoms with Crippen molar-refractivity contribution in [2.24, 2.45) is 0 Å². The molecule has 11 aromatic rings. The molecule has 0 fully saturated rings. The largest absolute Gasteiger partial charge is 0.455 e. The summed E-state index contributed by atoms with van der Waals surface area (Å²) in [7, 11) is 0. The second-order valence-corrected chi connectivity index (χ2v) is 12.9. The predicted octanol–water partition coefficient (Wildman–Crippen LogP) is 12.7. The summed E-state index contributed by atoms with van der Waals surface area (Å²) in [4.78, 5) is 10.2. The van der Waals surface area contributed by atoms with Crippen molar-refractivity contribution in [1.29, 1.82) is 0 Å². The SMILES string of the molecule is c1cc(-c2ccc(-c3c4oc5ccccc5c4cc4c3oc3ccccc34)cc2)cc(-c2cnc3c4ccccc4c4ccccc4c3n2)c1. The maximum atomic E-state index is 6.53. The molecule has 3 heterocycles. The predicted molar refractivity (Wildman–Crippen MR) is 205 cm³/mol. The Balaban J connectivity index is 1.04. The average molecular weight is 639 g/mol. The van der Waals surface area contributed by atoms with E-state index in [0.29, 0.717) is 0 Å². The molecule has 11 rings (SSSR count). The fourth-order valence-electron chi connectivity index (χ4n) is 7.75. The number of benzene rings is 8. The molecular formula is C46H26N2O2. The van der Waals surface area contributed by atoms with E-state index >= 15 is 0 Å². The summed E-state index contributed by atoms with van der Waals surface area (Å²) < 4.78 is 13.1. The molecule has 0 amide bonds. The van der Waals surface area contributed by atoms with Crippen LogP contribution in [0.25, 0.3) is 110 Å². The molecule has 0 saturated heterocycles. The van der Waals surface area contributed by atoms with Crippen molar-refractivity contribution >= 4 is 76.5 Å². The first-order valence-corrected chi connectivity index (χ1v) is 16.8. The maximum Gasteiger partial charge on any atom is 0.147 e. The Kier molecular flexibility index (Phi) is 5.63. The van der Waals surface area contributed by atoms with Crippen LogP contribution in [0, 0.1) is 0 Å². The molecule has 4 heteroatoms. The Morgan fingerprint density at radius 2 is 0.880 bits per heavy atom. The van der Waals surface area contributed by atoms with Gasteiger partial charge in [0.15, 0.2) is 0 Å². The molecule has 0 aliphatic carbocycles. The Labute approximate surface area is 285 Å². The first-order valence-electron chi connectivity index (χ1n) is 16.8. The molecule has 0 radical (unpaired) electrons. The Morgan fingerprint density at radius 3 is 1.52 bits per heavy atom. The van der Waals surface area contributed by atoms with Gasteiger partial charge in [0.1, 0.15) is 22.3 Å². The quantitative estimate of drug-likeness (QED) is 0.181. The van der Waals surface area contributed by atoms with Gasteiger partial charge in [-0.25, -0.2) is 4.98 Å². The fraction of sp³-hybridized carbons (Fsp3) is 0. The normalized spacial score (nSPS) is 12.0. The molecular weight excluding hydrogens is 613 g/mol. The van der Waals surface area contributed by atoms with Crippen LogP contribution in [0.4, 0.5) is 0 Å². The van der Waals surface area contributed by atoms with Crippen LogP contribution < -0.4 is 0 Å². The zero-order chi connectivity index (χ0) is 32.8. The van der Waals surface area contributed by atoms with Crippen LogP contribution >= 0.6 is 0 Å². The molecule has 0 bridgehead atoms. The summed E-state index contributed by atoms with van der Waals surface area (Å²) in [6.07, 6.45) is 1.90. The van der Waals surface area contributed by atoms with Gasteiger partial charge >= 0.3 is 0 Å². The minimum Gasteiger partial charge on any atom is -0.455 e. The van der Waals surface area contributed by atoms with Crippen molar-refractivity contribution in [3.05, 3.63) is 158 Å². The van der Waals surface area contributed by atoms with E-state index in [1.165, 1.54) is 10.8 Å². The van der Waals surface area contributed by atoms with Crippen LogP contribution in [0.1, 0.15) is 0 Å². The van der Waals surface area contributed by atoms with Crippen LogP contribution in [0.2, 0.25) is 0 Å². The van der Waals surface area contributed by atoms with Gasteiger partial charge in [-0.2, -0.15) is 0 Å². The molecule has 0 spiro atoms. The van der Waals surface area contributed by atoms with Gasteiger partial charge in [-0.05, 0) is 51.7 Å². The summed E-state index contributed by atoms with van der Waals surface area (Å²) in [6, 6.07) is 52.8. The first kappa shape index (κ1) is 27.2. The molecule has 4 nitrogen and oxygen atoms in total. The number of fused-ring (bicyclic) bond motifs is 12. The maximum absolute atomic E-state index is 6.53. The number of hydrogen-bond acceptors (Lipinski definition) is 4. The lowest BCUT2D eigenvalue weighted by Crippen LogP contribution is -1.92. The minimum absolute atomic E-state index is 0.836. The van der Waals surface area contributed by atoms with Crippen molar-refractivity contribution in [3.63, 3.8) is 0 Å². The molecule has 0 saturated carbocycles. The molecule has 8 aromatic carbocycles. The van der Waals surface area contributed by atoms with Gasteiger partial charge in [-0.3, -0.25) is 4.98 Å². The van der Waals surface area contributed by atoms with E-state index in [-0.39, 0.29) is 0 Å². The number of aromatic nitrogens is 2. The van der Waals surface area contributed by atoms with Crippen molar-refractivity contribution in [3.8, 4) is 33.5 Å². The summed E-state index contributed by atoms with van der Waals surface area (Å²) in [5, 5.41) is 8.99. The van der Waals surface area contributed by atoms with E-state index in [0.717, 1.165) is 99.2 Å². The van der Waals surface area contributed by atoms with Gasteiger partial charge < -0.3 is 8.83 Å². The number of rotatable bonds is 3. The van der Waals surface area contributed by atoms with E-state index < -0.39 is 0 Å². The Bertz CT molecular complexity index is 3030. The Hall–Kier alpha value is -6.78. The molecule has 0 aliphatic rings. The van der Waals surface area contributed by atoms with Gasteiger partial charge in [0, 0.05) is 37.9 Å².